The van der Waals surface area contributed by atoms with Crippen LogP contribution in [-0.2, 0) is 20.9 Å². The van der Waals surface area contributed by atoms with E-state index in [0.29, 0.717) is 41.4 Å². The Labute approximate surface area is 204 Å². The summed E-state index contributed by atoms with van der Waals surface area (Å²) < 4.78 is 17.4. The number of fused-ring (bicyclic) bond motifs is 3. The zero-order chi connectivity index (χ0) is 25.1. The van der Waals surface area contributed by atoms with E-state index >= 15 is 0 Å². The summed E-state index contributed by atoms with van der Waals surface area (Å²) in [7, 11) is 1.48. The van der Waals surface area contributed by atoms with Gasteiger partial charge in [0.25, 0.3) is 0 Å². The summed E-state index contributed by atoms with van der Waals surface area (Å²) in [5.74, 6) is -0.438. The minimum Gasteiger partial charge on any atom is -0.493 e. The summed E-state index contributed by atoms with van der Waals surface area (Å²) in [4.78, 5) is 27.8. The molecular formula is C25H34N2O8. The first kappa shape index (κ1) is 25.4. The van der Waals surface area contributed by atoms with Gasteiger partial charge in [-0.05, 0) is 36.6 Å². The standard InChI is InChI=1S/C25H34N2O8/c1-3-20(30)27(12-15-5-4-8-34-15)18-11-17(25(32)26-6-7-28)21-16-9-14(13-29)10-19(33-2)23(16)35-24(21)22(18)31/h9-11,15,18,21-22,24,28-29,31H,3-8,12-13H2,1-2H3,(H,26,32)/t15-,18+,21-,22-,24-/m0/s1. The van der Waals surface area contributed by atoms with Crippen molar-refractivity contribution < 1.29 is 39.1 Å². The minimum atomic E-state index is -1.12. The number of nitrogens with zero attached hydrogens (tertiary/aromatic N) is 1. The molecule has 2 amide bonds. The molecule has 1 aromatic rings. The molecule has 0 spiro atoms. The van der Waals surface area contributed by atoms with E-state index in [-0.39, 0.29) is 38.2 Å². The SMILES string of the molecule is CCC(=O)N(C[C@@H]1CCCO1)[C@@H]1C=C(C(=O)NCCO)[C@@H]2c3cc(CO)cc(OC)c3O[C@@H]2[C@H]1O. The van der Waals surface area contributed by atoms with Gasteiger partial charge >= 0.3 is 0 Å². The van der Waals surface area contributed by atoms with Gasteiger partial charge in [0, 0.05) is 37.3 Å². The molecule has 1 fully saturated rings. The Hall–Kier alpha value is -2.66. The van der Waals surface area contributed by atoms with E-state index in [4.69, 9.17) is 14.2 Å². The lowest BCUT2D eigenvalue weighted by Gasteiger charge is -2.41. The lowest BCUT2D eigenvalue weighted by molar-refractivity contribution is -0.139. The third-order valence-electron chi connectivity index (χ3n) is 6.90. The van der Waals surface area contributed by atoms with Gasteiger partial charge in [-0.15, -0.1) is 0 Å². The van der Waals surface area contributed by atoms with Gasteiger partial charge in [0.05, 0.1) is 38.4 Å². The molecule has 2 heterocycles. The van der Waals surface area contributed by atoms with Gasteiger partial charge in [-0.3, -0.25) is 9.59 Å². The largest absolute Gasteiger partial charge is 0.493 e. The molecule has 4 N–H and O–H groups in total. The molecule has 0 radical (unpaired) electrons. The number of rotatable bonds is 9. The van der Waals surface area contributed by atoms with E-state index in [1.165, 1.54) is 7.11 Å². The number of aliphatic hydroxyl groups excluding tert-OH is 3. The van der Waals surface area contributed by atoms with Crippen molar-refractivity contribution in [3.05, 3.63) is 34.9 Å². The number of ether oxygens (including phenoxy) is 3. The van der Waals surface area contributed by atoms with Crippen LogP contribution in [0.5, 0.6) is 11.5 Å². The molecule has 0 unspecified atom stereocenters. The number of aliphatic hydroxyl groups is 3. The summed E-state index contributed by atoms with van der Waals surface area (Å²) in [6.45, 7) is 2.29. The number of hydrogen-bond acceptors (Lipinski definition) is 8. The number of nitrogens with one attached hydrogen (secondary N) is 1. The smallest absolute Gasteiger partial charge is 0.247 e. The van der Waals surface area contributed by atoms with Gasteiger partial charge in [0.15, 0.2) is 11.5 Å². The molecule has 0 saturated carbocycles. The first-order valence-corrected chi connectivity index (χ1v) is 12.1. The third-order valence-corrected chi connectivity index (χ3v) is 6.90. The predicted molar refractivity (Wildman–Crippen MR) is 125 cm³/mol. The van der Waals surface area contributed by atoms with Gasteiger partial charge < -0.3 is 39.7 Å². The van der Waals surface area contributed by atoms with E-state index in [2.05, 4.69) is 5.32 Å². The fourth-order valence-corrected chi connectivity index (χ4v) is 5.22. The second-order valence-corrected chi connectivity index (χ2v) is 9.05. The first-order valence-electron chi connectivity index (χ1n) is 12.1. The average molecular weight is 491 g/mol. The number of carbonyl (C=O) groups is 2. The van der Waals surface area contributed by atoms with Crippen molar-refractivity contribution in [2.45, 2.75) is 63.1 Å². The second kappa shape index (κ2) is 10.9. The van der Waals surface area contributed by atoms with Gasteiger partial charge in [0.2, 0.25) is 11.8 Å². The van der Waals surface area contributed by atoms with Crippen molar-refractivity contribution in [2.75, 3.05) is 33.4 Å². The highest BCUT2D eigenvalue weighted by Gasteiger charge is 2.51. The van der Waals surface area contributed by atoms with E-state index in [9.17, 15) is 24.9 Å². The molecule has 0 bridgehead atoms. The van der Waals surface area contributed by atoms with Crippen molar-refractivity contribution in [3.63, 3.8) is 0 Å². The third kappa shape index (κ3) is 4.88. The van der Waals surface area contributed by atoms with E-state index in [1.807, 2.05) is 0 Å². The predicted octanol–water partition coefficient (Wildman–Crippen LogP) is 0.228. The lowest BCUT2D eigenvalue weighted by Crippen LogP contribution is -2.57. The lowest BCUT2D eigenvalue weighted by atomic mass is 9.77. The van der Waals surface area contributed by atoms with Gasteiger partial charge in [0.1, 0.15) is 12.2 Å². The fraction of sp³-hybridized carbons (Fsp3) is 0.600. The van der Waals surface area contributed by atoms with Crippen LogP contribution in [0.25, 0.3) is 0 Å². The maximum Gasteiger partial charge on any atom is 0.247 e. The molecule has 1 aliphatic carbocycles. The molecule has 5 atom stereocenters. The highest BCUT2D eigenvalue weighted by atomic mass is 16.5. The topological polar surface area (TPSA) is 138 Å². The Kier molecular flexibility index (Phi) is 7.95. The van der Waals surface area contributed by atoms with Crippen molar-refractivity contribution in [1.29, 1.82) is 0 Å². The van der Waals surface area contributed by atoms with Crippen molar-refractivity contribution in [1.82, 2.24) is 10.2 Å². The molecule has 3 aliphatic rings. The minimum absolute atomic E-state index is 0.0576. The fourth-order valence-electron chi connectivity index (χ4n) is 5.22. The summed E-state index contributed by atoms with van der Waals surface area (Å²) >= 11 is 0. The number of carbonyl (C=O) groups excluding carboxylic acids is 2. The molecular weight excluding hydrogens is 456 g/mol. The Balaban J connectivity index is 1.78. The average Bonchev–Trinajstić information content (AvgIpc) is 3.53. The Morgan fingerprint density at radius 2 is 2.09 bits per heavy atom. The highest BCUT2D eigenvalue weighted by molar-refractivity contribution is 5.96. The summed E-state index contributed by atoms with van der Waals surface area (Å²) in [5, 5.41) is 33.2. The summed E-state index contributed by atoms with van der Waals surface area (Å²) in [6, 6.07) is 2.59. The van der Waals surface area contributed by atoms with Crippen LogP contribution >= 0.6 is 0 Å². The Morgan fingerprint density at radius 3 is 2.71 bits per heavy atom. The molecule has 1 saturated heterocycles. The maximum absolute atomic E-state index is 13.2. The zero-order valence-corrected chi connectivity index (χ0v) is 20.1. The molecule has 4 rings (SSSR count). The normalized spacial score (nSPS) is 26.9. The summed E-state index contributed by atoms with van der Waals surface area (Å²) in [6.07, 6.45) is 1.49. The van der Waals surface area contributed by atoms with Gasteiger partial charge in [-0.2, -0.15) is 0 Å². The van der Waals surface area contributed by atoms with Crippen LogP contribution in [0.1, 0.15) is 43.2 Å². The van der Waals surface area contributed by atoms with Crippen LogP contribution in [0.15, 0.2) is 23.8 Å². The van der Waals surface area contributed by atoms with E-state index in [1.54, 1.807) is 30.0 Å². The highest BCUT2D eigenvalue weighted by Crippen LogP contribution is 2.51. The molecule has 10 heteroatoms. The van der Waals surface area contributed by atoms with Crippen LogP contribution in [0.4, 0.5) is 0 Å². The number of benzene rings is 1. The molecule has 10 nitrogen and oxygen atoms in total. The molecule has 2 aliphatic heterocycles. The van der Waals surface area contributed by atoms with Crippen LogP contribution in [0, 0.1) is 0 Å². The molecule has 0 aromatic heterocycles. The Morgan fingerprint density at radius 1 is 1.29 bits per heavy atom. The molecule has 35 heavy (non-hydrogen) atoms. The van der Waals surface area contributed by atoms with E-state index < -0.39 is 30.1 Å². The van der Waals surface area contributed by atoms with Crippen molar-refractivity contribution in [2.24, 2.45) is 0 Å². The first-order chi connectivity index (χ1) is 16.9. The number of amides is 2. The van der Waals surface area contributed by atoms with Crippen molar-refractivity contribution in [3.8, 4) is 11.5 Å². The van der Waals surface area contributed by atoms with Crippen LogP contribution < -0.4 is 14.8 Å². The van der Waals surface area contributed by atoms with Crippen molar-refractivity contribution >= 4 is 11.8 Å². The maximum atomic E-state index is 13.2. The molecule has 192 valence electrons. The van der Waals surface area contributed by atoms with Gasteiger partial charge in [-0.25, -0.2) is 0 Å². The zero-order valence-electron chi connectivity index (χ0n) is 20.1. The summed E-state index contributed by atoms with van der Waals surface area (Å²) in [5.41, 5.74) is 1.53. The quantitative estimate of drug-likeness (QED) is 0.386. The second-order valence-electron chi connectivity index (χ2n) is 9.05. The van der Waals surface area contributed by atoms with Crippen LogP contribution in [0.2, 0.25) is 0 Å². The van der Waals surface area contributed by atoms with Crippen LogP contribution in [0.3, 0.4) is 0 Å². The van der Waals surface area contributed by atoms with Crippen LogP contribution in [-0.4, -0.2) is 89.8 Å². The van der Waals surface area contributed by atoms with E-state index in [0.717, 1.165) is 12.8 Å². The van der Waals surface area contributed by atoms with Gasteiger partial charge in [-0.1, -0.05) is 6.92 Å². The molecule has 1 aromatic carbocycles. The Bertz CT molecular complexity index is 974. The monoisotopic (exact) mass is 490 g/mol. The number of methoxy groups -OCH3 is 1. The number of hydrogen-bond donors (Lipinski definition) is 4.